The first-order valence-corrected chi connectivity index (χ1v) is 5.84. The standard InChI is InChI=1S/C11H17N3O4/c15-5-11(6-16,7-17)13-9-10(18)14(4-3-12-9)8-1-2-8/h3-4,8,15-17H,1-2,5-7H2,(H,12,13). The van der Waals surface area contributed by atoms with Crippen LogP contribution in [0.2, 0.25) is 0 Å². The molecule has 4 N–H and O–H groups in total. The highest BCUT2D eigenvalue weighted by Crippen LogP contribution is 2.33. The predicted molar refractivity (Wildman–Crippen MR) is 64.4 cm³/mol. The highest BCUT2D eigenvalue weighted by molar-refractivity contribution is 5.35. The molecule has 1 fully saturated rings. The maximum Gasteiger partial charge on any atom is 0.293 e. The summed E-state index contributed by atoms with van der Waals surface area (Å²) >= 11 is 0. The number of hydrogen-bond acceptors (Lipinski definition) is 6. The fraction of sp³-hybridized carbons (Fsp3) is 0.636. The molecule has 0 aliphatic heterocycles. The summed E-state index contributed by atoms with van der Waals surface area (Å²) in [6.07, 6.45) is 5.03. The van der Waals surface area contributed by atoms with Crippen LogP contribution in [0.25, 0.3) is 0 Å². The number of rotatable bonds is 6. The van der Waals surface area contributed by atoms with E-state index in [2.05, 4.69) is 10.3 Å². The first-order valence-electron chi connectivity index (χ1n) is 5.84. The van der Waals surface area contributed by atoms with Gasteiger partial charge in [0, 0.05) is 18.4 Å². The summed E-state index contributed by atoms with van der Waals surface area (Å²) in [6, 6.07) is 0.216. The molecule has 1 aliphatic rings. The average molecular weight is 255 g/mol. The van der Waals surface area contributed by atoms with Gasteiger partial charge in [-0.3, -0.25) is 4.79 Å². The Bertz CT molecular complexity index is 457. The van der Waals surface area contributed by atoms with E-state index in [1.165, 1.54) is 6.20 Å². The summed E-state index contributed by atoms with van der Waals surface area (Å²) < 4.78 is 1.58. The van der Waals surface area contributed by atoms with Gasteiger partial charge < -0.3 is 25.2 Å². The molecule has 2 rings (SSSR count). The fourth-order valence-electron chi connectivity index (χ4n) is 1.67. The molecular weight excluding hydrogens is 238 g/mol. The molecule has 0 spiro atoms. The van der Waals surface area contributed by atoms with Crippen molar-refractivity contribution in [3.63, 3.8) is 0 Å². The quantitative estimate of drug-likeness (QED) is 0.503. The van der Waals surface area contributed by atoms with E-state index in [1.807, 2.05) is 0 Å². The van der Waals surface area contributed by atoms with Gasteiger partial charge in [0.05, 0.1) is 19.8 Å². The molecule has 18 heavy (non-hydrogen) atoms. The summed E-state index contributed by atoms with van der Waals surface area (Å²) in [7, 11) is 0. The van der Waals surface area contributed by atoms with Gasteiger partial charge in [-0.25, -0.2) is 4.98 Å². The van der Waals surface area contributed by atoms with Crippen molar-refractivity contribution in [2.75, 3.05) is 25.1 Å². The molecule has 0 bridgehead atoms. The summed E-state index contributed by atoms with van der Waals surface area (Å²) in [5, 5.41) is 30.2. The van der Waals surface area contributed by atoms with Gasteiger partial charge in [-0.05, 0) is 12.8 Å². The van der Waals surface area contributed by atoms with Crippen LogP contribution in [-0.4, -0.2) is 50.2 Å². The Labute approximate surface area is 104 Å². The number of nitrogens with zero attached hydrogens (tertiary/aromatic N) is 2. The molecule has 1 aliphatic carbocycles. The van der Waals surface area contributed by atoms with Crippen LogP contribution in [0.4, 0.5) is 5.82 Å². The second-order valence-corrected chi connectivity index (χ2v) is 4.60. The Morgan fingerprint density at radius 3 is 2.44 bits per heavy atom. The molecule has 7 nitrogen and oxygen atoms in total. The van der Waals surface area contributed by atoms with Gasteiger partial charge in [0.15, 0.2) is 5.82 Å². The van der Waals surface area contributed by atoms with Gasteiger partial charge in [0.25, 0.3) is 5.56 Å². The van der Waals surface area contributed by atoms with Gasteiger partial charge in [-0.15, -0.1) is 0 Å². The second-order valence-electron chi connectivity index (χ2n) is 4.60. The van der Waals surface area contributed by atoms with Crippen molar-refractivity contribution in [1.29, 1.82) is 0 Å². The van der Waals surface area contributed by atoms with E-state index in [9.17, 15) is 20.1 Å². The summed E-state index contributed by atoms with van der Waals surface area (Å²) in [6.45, 7) is -1.50. The van der Waals surface area contributed by atoms with Crippen molar-refractivity contribution < 1.29 is 15.3 Å². The van der Waals surface area contributed by atoms with Crippen LogP contribution in [0.3, 0.4) is 0 Å². The summed E-state index contributed by atoms with van der Waals surface area (Å²) in [4.78, 5) is 16.0. The van der Waals surface area contributed by atoms with Crippen molar-refractivity contribution in [2.24, 2.45) is 0 Å². The maximum absolute atomic E-state index is 12.1. The zero-order chi connectivity index (χ0) is 13.2. The number of aliphatic hydroxyl groups excluding tert-OH is 3. The second kappa shape index (κ2) is 5.05. The molecule has 1 saturated carbocycles. The predicted octanol–water partition coefficient (Wildman–Crippen LogP) is -1.29. The summed E-state index contributed by atoms with van der Waals surface area (Å²) in [5.41, 5.74) is -1.64. The van der Waals surface area contributed by atoms with Gasteiger partial charge >= 0.3 is 0 Å². The molecule has 0 unspecified atom stereocenters. The zero-order valence-corrected chi connectivity index (χ0v) is 9.91. The molecule has 1 aromatic heterocycles. The van der Waals surface area contributed by atoms with E-state index in [0.29, 0.717) is 0 Å². The molecule has 0 radical (unpaired) electrons. The lowest BCUT2D eigenvalue weighted by atomic mass is 10.0. The van der Waals surface area contributed by atoms with E-state index in [-0.39, 0.29) is 17.4 Å². The molecule has 0 aromatic carbocycles. The van der Waals surface area contributed by atoms with Crippen LogP contribution < -0.4 is 10.9 Å². The van der Waals surface area contributed by atoms with Gasteiger partial charge in [0.1, 0.15) is 5.54 Å². The molecule has 1 heterocycles. The number of nitrogens with one attached hydrogen (secondary N) is 1. The molecular formula is C11H17N3O4. The molecule has 100 valence electrons. The first kappa shape index (κ1) is 13.0. The fourth-order valence-corrected chi connectivity index (χ4v) is 1.67. The maximum atomic E-state index is 12.1. The molecule has 1 aromatic rings. The van der Waals surface area contributed by atoms with Crippen LogP contribution in [0.1, 0.15) is 18.9 Å². The van der Waals surface area contributed by atoms with E-state index < -0.39 is 25.4 Å². The minimum absolute atomic E-state index is 0.0292. The van der Waals surface area contributed by atoms with E-state index in [1.54, 1.807) is 10.8 Å². The number of anilines is 1. The van der Waals surface area contributed by atoms with Crippen molar-refractivity contribution in [3.8, 4) is 0 Å². The normalized spacial score (nSPS) is 15.7. The molecule has 0 saturated heterocycles. The Morgan fingerprint density at radius 1 is 1.33 bits per heavy atom. The zero-order valence-electron chi connectivity index (χ0n) is 9.91. The molecule has 0 atom stereocenters. The van der Waals surface area contributed by atoms with Crippen LogP contribution >= 0.6 is 0 Å². The van der Waals surface area contributed by atoms with E-state index in [4.69, 9.17) is 0 Å². The lowest BCUT2D eigenvalue weighted by Gasteiger charge is -2.28. The minimum Gasteiger partial charge on any atom is -0.394 e. The van der Waals surface area contributed by atoms with Crippen molar-refractivity contribution in [1.82, 2.24) is 9.55 Å². The number of hydrogen-bond donors (Lipinski definition) is 4. The van der Waals surface area contributed by atoms with Gasteiger partial charge in [0.2, 0.25) is 0 Å². The molecule has 0 amide bonds. The highest BCUT2D eigenvalue weighted by Gasteiger charge is 2.31. The largest absolute Gasteiger partial charge is 0.394 e. The monoisotopic (exact) mass is 255 g/mol. The topological polar surface area (TPSA) is 108 Å². The number of aromatic nitrogens is 2. The SMILES string of the molecule is O=c1c(NC(CO)(CO)CO)nccn1C1CC1. The Morgan fingerprint density at radius 2 is 1.94 bits per heavy atom. The van der Waals surface area contributed by atoms with Gasteiger partial charge in [-0.1, -0.05) is 0 Å². The van der Waals surface area contributed by atoms with Crippen LogP contribution in [0.5, 0.6) is 0 Å². The van der Waals surface area contributed by atoms with Crippen LogP contribution in [0, 0.1) is 0 Å². The van der Waals surface area contributed by atoms with Crippen LogP contribution in [-0.2, 0) is 0 Å². The molecule has 7 heteroatoms. The number of aliphatic hydroxyl groups is 3. The summed E-state index contributed by atoms with van der Waals surface area (Å²) in [5.74, 6) is 0.0292. The smallest absolute Gasteiger partial charge is 0.293 e. The Balaban J connectivity index is 2.28. The highest BCUT2D eigenvalue weighted by atomic mass is 16.3. The van der Waals surface area contributed by atoms with Crippen molar-refractivity contribution >= 4 is 5.82 Å². The Hall–Kier alpha value is -1.44. The van der Waals surface area contributed by atoms with Crippen molar-refractivity contribution in [2.45, 2.75) is 24.4 Å². The average Bonchev–Trinajstić information content (AvgIpc) is 3.22. The van der Waals surface area contributed by atoms with E-state index in [0.717, 1.165) is 12.8 Å². The lowest BCUT2D eigenvalue weighted by Crippen LogP contribution is -2.50. The third-order valence-corrected chi connectivity index (χ3v) is 3.10. The third kappa shape index (κ3) is 2.38. The van der Waals surface area contributed by atoms with Gasteiger partial charge in [-0.2, -0.15) is 0 Å². The minimum atomic E-state index is -1.34. The Kier molecular flexibility index (Phi) is 3.65. The first-order chi connectivity index (χ1) is 8.65. The third-order valence-electron chi connectivity index (χ3n) is 3.10. The van der Waals surface area contributed by atoms with E-state index >= 15 is 0 Å². The van der Waals surface area contributed by atoms with Crippen molar-refractivity contribution in [3.05, 3.63) is 22.7 Å². The lowest BCUT2D eigenvalue weighted by molar-refractivity contribution is 0.0830. The van der Waals surface area contributed by atoms with Crippen LogP contribution in [0.15, 0.2) is 17.2 Å².